The van der Waals surface area contributed by atoms with Crippen LogP contribution < -0.4 is 0 Å². The number of amides is 1. The highest BCUT2D eigenvalue weighted by Gasteiger charge is 2.25. The van der Waals surface area contributed by atoms with Crippen molar-refractivity contribution in [2.75, 3.05) is 32.8 Å². The third-order valence-corrected chi connectivity index (χ3v) is 2.09. The average molecular weight is 217 g/mol. The molecule has 0 N–H and O–H groups in total. The number of hydrazine groups is 1. The molecule has 1 aliphatic heterocycles. The second kappa shape index (κ2) is 5.23. The van der Waals surface area contributed by atoms with Crippen LogP contribution in [0.5, 0.6) is 0 Å². The van der Waals surface area contributed by atoms with Crippen molar-refractivity contribution in [3.05, 3.63) is 10.4 Å². The Balaban J connectivity index is 2.39. The maximum absolute atomic E-state index is 11.3. The SMILES string of the molecule is CCOC(=O)N1CCN(/[N+]([O-])=N\[O-])CC1. The summed E-state index contributed by atoms with van der Waals surface area (Å²) in [5, 5.41) is 24.2. The lowest BCUT2D eigenvalue weighted by Gasteiger charge is -2.31. The van der Waals surface area contributed by atoms with Gasteiger partial charge in [0, 0.05) is 18.1 Å². The molecule has 1 rings (SSSR count). The molecule has 8 heteroatoms. The maximum atomic E-state index is 11.3. The summed E-state index contributed by atoms with van der Waals surface area (Å²) in [5.74, 6) is 0. The van der Waals surface area contributed by atoms with E-state index in [1.165, 1.54) is 9.91 Å². The number of carbonyl (C=O) groups excluding carboxylic acids is 1. The standard InChI is InChI=1S/C7H14N4O4/c1-2-15-7(12)9-3-5-10(6-4-9)11(14)8-13/h13H,2-6H2,1H3/p-1/b11-8+. The Kier molecular flexibility index (Phi) is 3.95. The van der Waals surface area contributed by atoms with Gasteiger partial charge in [0.2, 0.25) is 0 Å². The van der Waals surface area contributed by atoms with Gasteiger partial charge >= 0.3 is 6.09 Å². The van der Waals surface area contributed by atoms with Crippen LogP contribution in [-0.2, 0) is 4.74 Å². The average Bonchev–Trinajstić information content (AvgIpc) is 2.28. The van der Waals surface area contributed by atoms with Gasteiger partial charge in [0.05, 0.1) is 19.7 Å². The molecular formula is C7H13N4O4-. The molecule has 1 fully saturated rings. The van der Waals surface area contributed by atoms with Crippen LogP contribution in [-0.4, -0.2) is 53.8 Å². The minimum Gasteiger partial charge on any atom is -0.737 e. The Morgan fingerprint density at radius 1 is 1.47 bits per heavy atom. The van der Waals surface area contributed by atoms with Crippen LogP contribution in [0.3, 0.4) is 0 Å². The quantitative estimate of drug-likeness (QED) is 0.372. The summed E-state index contributed by atoms with van der Waals surface area (Å²) < 4.78 is 4.79. The predicted molar refractivity (Wildman–Crippen MR) is 49.6 cm³/mol. The molecule has 1 saturated heterocycles. The molecule has 0 bridgehead atoms. The van der Waals surface area contributed by atoms with E-state index in [-0.39, 0.29) is 18.1 Å². The smallest absolute Gasteiger partial charge is 0.409 e. The number of carbonyl (C=O) groups is 1. The maximum Gasteiger partial charge on any atom is 0.409 e. The normalized spacial score (nSPS) is 17.8. The van der Waals surface area contributed by atoms with E-state index in [0.29, 0.717) is 19.7 Å². The van der Waals surface area contributed by atoms with Crippen molar-refractivity contribution in [1.29, 1.82) is 0 Å². The summed E-state index contributed by atoms with van der Waals surface area (Å²) in [6.45, 7) is 3.33. The molecule has 0 aromatic heterocycles. The van der Waals surface area contributed by atoms with E-state index >= 15 is 0 Å². The van der Waals surface area contributed by atoms with Gasteiger partial charge in [-0.15, -0.1) is 5.01 Å². The lowest BCUT2D eigenvalue weighted by Crippen LogP contribution is -2.50. The summed E-state index contributed by atoms with van der Waals surface area (Å²) in [4.78, 5) is 12.7. The van der Waals surface area contributed by atoms with Crippen LogP contribution >= 0.6 is 0 Å². The summed E-state index contributed by atoms with van der Waals surface area (Å²) in [6, 6.07) is 0. The zero-order valence-corrected chi connectivity index (χ0v) is 8.46. The molecule has 86 valence electrons. The van der Waals surface area contributed by atoms with E-state index in [2.05, 4.69) is 5.28 Å². The van der Waals surface area contributed by atoms with Gasteiger partial charge < -0.3 is 20.1 Å². The van der Waals surface area contributed by atoms with Gasteiger partial charge in [-0.05, 0) is 12.2 Å². The molecular weight excluding hydrogens is 204 g/mol. The zero-order valence-electron chi connectivity index (χ0n) is 8.46. The molecule has 0 aliphatic carbocycles. The molecule has 1 aliphatic rings. The van der Waals surface area contributed by atoms with Crippen molar-refractivity contribution in [3.8, 4) is 0 Å². The highest BCUT2D eigenvalue weighted by molar-refractivity contribution is 5.67. The van der Waals surface area contributed by atoms with E-state index in [1.807, 2.05) is 0 Å². The summed E-state index contributed by atoms with van der Waals surface area (Å²) >= 11 is 0. The fourth-order valence-corrected chi connectivity index (χ4v) is 1.32. The number of ether oxygens (including phenoxy) is 1. The van der Waals surface area contributed by atoms with Crippen LogP contribution in [0.25, 0.3) is 0 Å². The Labute approximate surface area is 86.8 Å². The first-order valence-electron chi connectivity index (χ1n) is 4.66. The third-order valence-electron chi connectivity index (χ3n) is 2.09. The van der Waals surface area contributed by atoms with E-state index in [0.717, 1.165) is 0 Å². The Morgan fingerprint density at radius 2 is 2.07 bits per heavy atom. The number of nitrogens with zero attached hydrogens (tertiary/aromatic N) is 4. The Morgan fingerprint density at radius 3 is 2.53 bits per heavy atom. The van der Waals surface area contributed by atoms with Gasteiger partial charge in [0.15, 0.2) is 0 Å². The van der Waals surface area contributed by atoms with Crippen LogP contribution in [0.4, 0.5) is 4.79 Å². The molecule has 0 saturated carbocycles. The number of piperazine rings is 1. The van der Waals surface area contributed by atoms with Crippen molar-refractivity contribution in [1.82, 2.24) is 9.91 Å². The van der Waals surface area contributed by atoms with E-state index in [4.69, 9.17) is 4.74 Å². The van der Waals surface area contributed by atoms with E-state index in [9.17, 15) is 15.2 Å². The molecule has 0 spiro atoms. The van der Waals surface area contributed by atoms with Gasteiger partial charge in [0.1, 0.15) is 0 Å². The first-order valence-corrected chi connectivity index (χ1v) is 4.66. The van der Waals surface area contributed by atoms with Gasteiger partial charge in [-0.25, -0.2) is 4.79 Å². The van der Waals surface area contributed by atoms with Gasteiger partial charge in [-0.1, -0.05) is 0 Å². The third kappa shape index (κ3) is 2.86. The molecule has 0 atom stereocenters. The fraction of sp³-hybridized carbons (Fsp3) is 0.857. The molecule has 0 radical (unpaired) electrons. The first kappa shape index (κ1) is 11.3. The topological polar surface area (TPSA) is 94.3 Å². The Hall–Kier alpha value is -1.73. The highest BCUT2D eigenvalue weighted by Crippen LogP contribution is 2.03. The molecule has 1 heterocycles. The molecule has 8 nitrogen and oxygen atoms in total. The second-order valence-electron chi connectivity index (χ2n) is 2.97. The fourth-order valence-electron chi connectivity index (χ4n) is 1.32. The Bertz CT molecular complexity index is 249. The van der Waals surface area contributed by atoms with Gasteiger partial charge in [-0.2, -0.15) is 0 Å². The second-order valence-corrected chi connectivity index (χ2v) is 2.97. The number of rotatable bonds is 2. The molecule has 1 amide bonds. The largest absolute Gasteiger partial charge is 0.737 e. The van der Waals surface area contributed by atoms with Crippen molar-refractivity contribution in [3.63, 3.8) is 0 Å². The van der Waals surface area contributed by atoms with Crippen molar-refractivity contribution in [2.45, 2.75) is 6.92 Å². The van der Waals surface area contributed by atoms with Crippen LogP contribution in [0, 0.1) is 10.4 Å². The van der Waals surface area contributed by atoms with Crippen molar-refractivity contribution >= 4 is 6.09 Å². The summed E-state index contributed by atoms with van der Waals surface area (Å²) in [5.41, 5.74) is 0. The molecule has 0 aromatic carbocycles. The summed E-state index contributed by atoms with van der Waals surface area (Å²) in [6.07, 6.45) is -0.395. The van der Waals surface area contributed by atoms with Crippen LogP contribution in [0.15, 0.2) is 5.28 Å². The zero-order chi connectivity index (χ0) is 11.3. The van der Waals surface area contributed by atoms with Crippen LogP contribution in [0.1, 0.15) is 6.92 Å². The minimum atomic E-state index is -0.395. The molecule has 0 unspecified atom stereocenters. The number of hydrogen-bond donors (Lipinski definition) is 0. The van der Waals surface area contributed by atoms with Gasteiger partial charge in [-0.3, -0.25) is 0 Å². The van der Waals surface area contributed by atoms with E-state index < -0.39 is 6.09 Å². The predicted octanol–water partition coefficient (Wildman–Crippen LogP) is 0.136. The lowest BCUT2D eigenvalue weighted by atomic mass is 10.4. The van der Waals surface area contributed by atoms with Gasteiger partial charge in [0.25, 0.3) is 0 Å². The molecule has 15 heavy (non-hydrogen) atoms. The monoisotopic (exact) mass is 217 g/mol. The van der Waals surface area contributed by atoms with Crippen molar-refractivity contribution in [2.24, 2.45) is 5.28 Å². The number of hydrogen-bond acceptors (Lipinski definition) is 5. The van der Waals surface area contributed by atoms with Crippen molar-refractivity contribution < 1.29 is 14.5 Å². The summed E-state index contributed by atoms with van der Waals surface area (Å²) in [7, 11) is 0. The molecule has 0 aromatic rings. The van der Waals surface area contributed by atoms with E-state index in [1.54, 1.807) is 6.92 Å². The lowest BCUT2D eigenvalue weighted by molar-refractivity contribution is -0.692. The highest BCUT2D eigenvalue weighted by atomic mass is 16.6. The minimum absolute atomic E-state index is 0.00247. The van der Waals surface area contributed by atoms with Crippen LogP contribution in [0.2, 0.25) is 0 Å². The first-order chi connectivity index (χ1) is 7.19.